The lowest BCUT2D eigenvalue weighted by atomic mass is 9.71. The van der Waals surface area contributed by atoms with Crippen molar-refractivity contribution in [1.29, 1.82) is 0 Å². The van der Waals surface area contributed by atoms with Crippen molar-refractivity contribution in [3.05, 3.63) is 0 Å². The van der Waals surface area contributed by atoms with Crippen LogP contribution in [0.4, 0.5) is 4.79 Å². The minimum atomic E-state index is -0.615. The van der Waals surface area contributed by atoms with Crippen LogP contribution in [0.25, 0.3) is 0 Å². The Morgan fingerprint density at radius 1 is 1.23 bits per heavy atom. The highest BCUT2D eigenvalue weighted by Crippen LogP contribution is 2.39. The lowest BCUT2D eigenvalue weighted by Gasteiger charge is -2.40. The van der Waals surface area contributed by atoms with E-state index in [1.807, 2.05) is 27.7 Å². The second-order valence-electron chi connectivity index (χ2n) is 8.55. The van der Waals surface area contributed by atoms with Gasteiger partial charge >= 0.3 is 6.09 Å². The Kier molecular flexibility index (Phi) is 6.27. The van der Waals surface area contributed by atoms with Gasteiger partial charge in [-0.25, -0.2) is 4.79 Å². The molecule has 1 rings (SSSR count). The third-order valence-electron chi connectivity index (χ3n) is 4.27. The van der Waals surface area contributed by atoms with Crippen LogP contribution in [0.1, 0.15) is 67.2 Å². The fraction of sp³-hybridized carbons (Fsp3) is 0.941. The Labute approximate surface area is 135 Å². The molecule has 1 amide bonds. The van der Waals surface area contributed by atoms with Gasteiger partial charge in [0.05, 0.1) is 5.60 Å². The number of ether oxygens (including phenoxy) is 1. The smallest absolute Gasteiger partial charge is 0.407 e. The van der Waals surface area contributed by atoms with Gasteiger partial charge in [0.1, 0.15) is 5.60 Å². The molecule has 0 heterocycles. The summed E-state index contributed by atoms with van der Waals surface area (Å²) in [6.45, 7) is 13.1. The standard InChI is InChI=1S/C17H34N2O3/c1-13(11-18-14(20)22-15(2,3)4)19-12-17(21)9-7-16(5,6)8-10-17/h13,19,21H,7-12H2,1-6H3,(H,18,20). The van der Waals surface area contributed by atoms with Crippen molar-refractivity contribution in [1.82, 2.24) is 10.6 Å². The number of alkyl carbamates (subject to hydrolysis) is 1. The molecule has 1 atom stereocenters. The van der Waals surface area contributed by atoms with Crippen LogP contribution in [0.3, 0.4) is 0 Å². The molecule has 1 saturated carbocycles. The van der Waals surface area contributed by atoms with Crippen molar-refractivity contribution in [3.63, 3.8) is 0 Å². The van der Waals surface area contributed by atoms with E-state index in [9.17, 15) is 9.90 Å². The summed E-state index contributed by atoms with van der Waals surface area (Å²) in [5.41, 5.74) is -0.753. The second-order valence-corrected chi connectivity index (χ2v) is 8.55. The first-order valence-corrected chi connectivity index (χ1v) is 8.34. The molecule has 1 unspecified atom stereocenters. The van der Waals surface area contributed by atoms with E-state index in [-0.39, 0.29) is 6.04 Å². The minimum Gasteiger partial charge on any atom is -0.444 e. The molecule has 5 heteroatoms. The quantitative estimate of drug-likeness (QED) is 0.730. The van der Waals surface area contributed by atoms with Crippen LogP contribution in [-0.2, 0) is 4.74 Å². The first kappa shape index (κ1) is 19.2. The first-order chi connectivity index (χ1) is 9.91. The zero-order chi connectivity index (χ0) is 17.0. The van der Waals surface area contributed by atoms with E-state index >= 15 is 0 Å². The first-order valence-electron chi connectivity index (χ1n) is 8.34. The number of rotatable bonds is 5. The van der Waals surface area contributed by atoms with E-state index < -0.39 is 17.3 Å². The highest BCUT2D eigenvalue weighted by atomic mass is 16.6. The molecule has 0 aromatic rings. The average molecular weight is 314 g/mol. The molecule has 0 aromatic heterocycles. The van der Waals surface area contributed by atoms with Crippen LogP contribution in [0, 0.1) is 5.41 Å². The summed E-state index contributed by atoms with van der Waals surface area (Å²) in [4.78, 5) is 11.6. The number of nitrogens with one attached hydrogen (secondary N) is 2. The summed E-state index contributed by atoms with van der Waals surface area (Å²) in [5, 5.41) is 16.7. The molecule has 1 fully saturated rings. The van der Waals surface area contributed by atoms with Crippen LogP contribution in [-0.4, -0.2) is 41.5 Å². The molecule has 0 aromatic carbocycles. The van der Waals surface area contributed by atoms with E-state index in [1.54, 1.807) is 0 Å². The molecule has 0 spiro atoms. The van der Waals surface area contributed by atoms with Gasteiger partial charge in [0.25, 0.3) is 0 Å². The summed E-state index contributed by atoms with van der Waals surface area (Å²) in [5.74, 6) is 0. The van der Waals surface area contributed by atoms with E-state index in [4.69, 9.17) is 4.74 Å². The third kappa shape index (κ3) is 7.45. The highest BCUT2D eigenvalue weighted by Gasteiger charge is 2.36. The summed E-state index contributed by atoms with van der Waals surface area (Å²) in [7, 11) is 0. The molecule has 22 heavy (non-hydrogen) atoms. The number of amides is 1. The predicted molar refractivity (Wildman–Crippen MR) is 88.9 cm³/mol. The van der Waals surface area contributed by atoms with Crippen LogP contribution in [0.5, 0.6) is 0 Å². The Hall–Kier alpha value is -0.810. The zero-order valence-electron chi connectivity index (χ0n) is 15.1. The third-order valence-corrected chi connectivity index (χ3v) is 4.27. The highest BCUT2D eigenvalue weighted by molar-refractivity contribution is 5.67. The van der Waals surface area contributed by atoms with Crippen molar-refractivity contribution in [3.8, 4) is 0 Å². The Morgan fingerprint density at radius 2 is 1.77 bits per heavy atom. The SMILES string of the molecule is CC(CNC(=O)OC(C)(C)C)NCC1(O)CCC(C)(C)CC1. The molecule has 0 aliphatic heterocycles. The fourth-order valence-electron chi connectivity index (χ4n) is 2.56. The van der Waals surface area contributed by atoms with Gasteiger partial charge in [-0.05, 0) is 58.8 Å². The van der Waals surface area contributed by atoms with E-state index in [0.717, 1.165) is 25.7 Å². The number of carbonyl (C=O) groups excluding carboxylic acids is 1. The lowest BCUT2D eigenvalue weighted by Crippen LogP contribution is -2.49. The van der Waals surface area contributed by atoms with Gasteiger partial charge in [-0.15, -0.1) is 0 Å². The number of hydrogen-bond acceptors (Lipinski definition) is 4. The maximum absolute atomic E-state index is 11.6. The molecule has 3 N–H and O–H groups in total. The fourth-order valence-corrected chi connectivity index (χ4v) is 2.56. The predicted octanol–water partition coefficient (Wildman–Crippen LogP) is 2.82. The van der Waals surface area contributed by atoms with E-state index in [0.29, 0.717) is 18.5 Å². The van der Waals surface area contributed by atoms with Gasteiger partial charge in [0.15, 0.2) is 0 Å². The maximum Gasteiger partial charge on any atom is 0.407 e. The van der Waals surface area contributed by atoms with Crippen molar-refractivity contribution in [2.45, 2.75) is 84.5 Å². The topological polar surface area (TPSA) is 70.6 Å². The Bertz CT molecular complexity index is 365. The molecular weight excluding hydrogens is 280 g/mol. The van der Waals surface area contributed by atoms with Crippen LogP contribution >= 0.6 is 0 Å². The van der Waals surface area contributed by atoms with Crippen LogP contribution < -0.4 is 10.6 Å². The number of hydrogen-bond donors (Lipinski definition) is 3. The summed E-state index contributed by atoms with van der Waals surface area (Å²) in [6.07, 6.45) is 3.36. The zero-order valence-corrected chi connectivity index (χ0v) is 15.1. The molecule has 0 saturated heterocycles. The van der Waals surface area contributed by atoms with E-state index in [1.165, 1.54) is 0 Å². The van der Waals surface area contributed by atoms with Crippen molar-refractivity contribution < 1.29 is 14.6 Å². The molecule has 0 bridgehead atoms. The van der Waals surface area contributed by atoms with Crippen LogP contribution in [0.15, 0.2) is 0 Å². The lowest BCUT2D eigenvalue weighted by molar-refractivity contribution is -0.0257. The largest absolute Gasteiger partial charge is 0.444 e. The van der Waals surface area contributed by atoms with Gasteiger partial charge in [-0.2, -0.15) is 0 Å². The number of carbonyl (C=O) groups is 1. The molecule has 1 aliphatic carbocycles. The monoisotopic (exact) mass is 314 g/mol. The van der Waals surface area contributed by atoms with E-state index in [2.05, 4.69) is 24.5 Å². The van der Waals surface area contributed by atoms with Gasteiger partial charge in [0.2, 0.25) is 0 Å². The average Bonchev–Trinajstić information content (AvgIpc) is 2.36. The summed E-state index contributed by atoms with van der Waals surface area (Å²) >= 11 is 0. The second kappa shape index (κ2) is 7.18. The molecule has 1 aliphatic rings. The summed E-state index contributed by atoms with van der Waals surface area (Å²) < 4.78 is 5.20. The molecule has 0 radical (unpaired) electrons. The maximum atomic E-state index is 11.6. The van der Waals surface area contributed by atoms with Crippen LogP contribution in [0.2, 0.25) is 0 Å². The van der Waals surface area contributed by atoms with Gasteiger partial charge < -0.3 is 20.5 Å². The molecular formula is C17H34N2O3. The minimum absolute atomic E-state index is 0.0893. The van der Waals surface area contributed by atoms with Crippen molar-refractivity contribution in [2.75, 3.05) is 13.1 Å². The normalized spacial score (nSPS) is 22.0. The number of aliphatic hydroxyl groups is 1. The Balaban J connectivity index is 2.26. The molecule has 5 nitrogen and oxygen atoms in total. The van der Waals surface area contributed by atoms with Gasteiger partial charge in [0, 0.05) is 19.1 Å². The molecule has 130 valence electrons. The summed E-state index contributed by atoms with van der Waals surface area (Å²) in [6, 6.07) is 0.0893. The van der Waals surface area contributed by atoms with Gasteiger partial charge in [-0.3, -0.25) is 0 Å². The van der Waals surface area contributed by atoms with Crippen molar-refractivity contribution >= 4 is 6.09 Å². The Morgan fingerprint density at radius 3 is 2.27 bits per heavy atom. The van der Waals surface area contributed by atoms with Crippen molar-refractivity contribution in [2.24, 2.45) is 5.41 Å². The van der Waals surface area contributed by atoms with Gasteiger partial charge in [-0.1, -0.05) is 13.8 Å².